The summed E-state index contributed by atoms with van der Waals surface area (Å²) < 4.78 is 0. The van der Waals surface area contributed by atoms with Crippen molar-refractivity contribution >= 4 is 6.41 Å². The molecular formula is C10H15NO. The van der Waals surface area contributed by atoms with Crippen LogP contribution in [-0.2, 0) is 4.79 Å². The maximum atomic E-state index is 10.0. The smallest absolute Gasteiger partial charge is 0.207 e. The highest BCUT2D eigenvalue weighted by molar-refractivity contribution is 5.48. The van der Waals surface area contributed by atoms with Gasteiger partial charge in [0.25, 0.3) is 0 Å². The number of nitrogens with one attached hydrogen (secondary N) is 1. The molecule has 0 aromatic carbocycles. The number of hydrogen-bond donors (Lipinski definition) is 1. The molecule has 12 heavy (non-hydrogen) atoms. The quantitative estimate of drug-likeness (QED) is 0.488. The van der Waals surface area contributed by atoms with Crippen LogP contribution in [0.5, 0.6) is 0 Å². The Kier molecular flexibility index (Phi) is 5.70. The van der Waals surface area contributed by atoms with Crippen molar-refractivity contribution in [3.63, 3.8) is 0 Å². The molecule has 2 nitrogen and oxygen atoms in total. The molecular weight excluding hydrogens is 150 g/mol. The fourth-order valence-electron chi connectivity index (χ4n) is 0.881. The van der Waals surface area contributed by atoms with Gasteiger partial charge in [0.05, 0.1) is 0 Å². The van der Waals surface area contributed by atoms with Crippen LogP contribution in [0, 0.1) is 0 Å². The number of carbonyl (C=O) groups is 1. The van der Waals surface area contributed by atoms with E-state index in [1.807, 2.05) is 26.0 Å². The zero-order valence-corrected chi connectivity index (χ0v) is 7.63. The lowest BCUT2D eigenvalue weighted by Gasteiger charge is -2.03. The summed E-state index contributed by atoms with van der Waals surface area (Å²) in [4.78, 5) is 10.0. The average molecular weight is 165 g/mol. The van der Waals surface area contributed by atoms with E-state index in [2.05, 4.69) is 11.9 Å². The molecule has 0 unspecified atom stereocenters. The number of hydrogen-bond acceptors (Lipinski definition) is 1. The first-order chi connectivity index (χ1) is 5.76. The summed E-state index contributed by atoms with van der Waals surface area (Å²) in [6.45, 7) is 8.16. The van der Waals surface area contributed by atoms with Crippen LogP contribution in [-0.4, -0.2) is 13.0 Å². The van der Waals surface area contributed by atoms with E-state index in [1.165, 1.54) is 0 Å². The molecule has 0 aromatic rings. The predicted molar refractivity (Wildman–Crippen MR) is 51.8 cm³/mol. The molecule has 0 saturated heterocycles. The third-order valence-electron chi connectivity index (χ3n) is 1.55. The first-order valence-electron chi connectivity index (χ1n) is 3.88. The monoisotopic (exact) mass is 165 g/mol. The minimum Gasteiger partial charge on any atom is -0.355 e. The number of allylic oxidation sites excluding steroid dienone is 3. The summed E-state index contributed by atoms with van der Waals surface area (Å²) >= 11 is 0. The van der Waals surface area contributed by atoms with E-state index in [-0.39, 0.29) is 0 Å². The molecule has 1 amide bonds. The molecule has 0 atom stereocenters. The van der Waals surface area contributed by atoms with Gasteiger partial charge in [-0.3, -0.25) is 4.79 Å². The van der Waals surface area contributed by atoms with Gasteiger partial charge >= 0.3 is 0 Å². The Morgan fingerprint density at radius 1 is 1.58 bits per heavy atom. The fourth-order valence-corrected chi connectivity index (χ4v) is 0.881. The van der Waals surface area contributed by atoms with Crippen molar-refractivity contribution in [1.82, 2.24) is 5.32 Å². The van der Waals surface area contributed by atoms with Crippen LogP contribution in [0.15, 0.2) is 36.0 Å². The Labute approximate surface area is 73.7 Å². The summed E-state index contributed by atoms with van der Waals surface area (Å²) in [6, 6.07) is 0. The Balaban J connectivity index is 4.37. The van der Waals surface area contributed by atoms with Gasteiger partial charge in [-0.25, -0.2) is 0 Å². The van der Waals surface area contributed by atoms with Crippen molar-refractivity contribution in [2.75, 3.05) is 6.54 Å². The summed E-state index contributed by atoms with van der Waals surface area (Å²) in [5.41, 5.74) is 2.17. The van der Waals surface area contributed by atoms with E-state index < -0.39 is 0 Å². The Bertz CT molecular complexity index is 214. The maximum Gasteiger partial charge on any atom is 0.207 e. The average Bonchev–Trinajstić information content (AvgIpc) is 2.06. The van der Waals surface area contributed by atoms with Crippen molar-refractivity contribution in [3.05, 3.63) is 36.0 Å². The molecule has 0 saturated carbocycles. The van der Waals surface area contributed by atoms with Gasteiger partial charge in [0.1, 0.15) is 0 Å². The molecule has 1 N–H and O–H groups in total. The highest BCUT2D eigenvalue weighted by Crippen LogP contribution is 2.05. The number of carbonyl (C=O) groups excluding carboxylic acids is 1. The molecule has 0 rings (SSSR count). The van der Waals surface area contributed by atoms with E-state index in [9.17, 15) is 4.79 Å². The zero-order valence-electron chi connectivity index (χ0n) is 7.63. The number of rotatable bonds is 5. The molecule has 0 aromatic heterocycles. The Morgan fingerprint density at radius 2 is 2.25 bits per heavy atom. The van der Waals surface area contributed by atoms with Crippen molar-refractivity contribution in [2.24, 2.45) is 0 Å². The first-order valence-corrected chi connectivity index (χ1v) is 3.88. The third kappa shape index (κ3) is 3.76. The highest BCUT2D eigenvalue weighted by atomic mass is 16.1. The fraction of sp³-hybridized carbons (Fsp3) is 0.300. The SMILES string of the molecule is C=C/C(CNC=O)=C(C)\C=C/C. The van der Waals surface area contributed by atoms with Gasteiger partial charge in [0.15, 0.2) is 0 Å². The van der Waals surface area contributed by atoms with Crippen LogP contribution >= 0.6 is 0 Å². The van der Waals surface area contributed by atoms with Crippen LogP contribution < -0.4 is 5.32 Å². The molecule has 0 aliphatic heterocycles. The largest absolute Gasteiger partial charge is 0.355 e. The first kappa shape index (κ1) is 10.7. The molecule has 0 spiro atoms. The molecule has 0 heterocycles. The van der Waals surface area contributed by atoms with Crippen LogP contribution in [0.3, 0.4) is 0 Å². The summed E-state index contributed by atoms with van der Waals surface area (Å²) in [7, 11) is 0. The molecule has 0 aliphatic rings. The van der Waals surface area contributed by atoms with Crippen LogP contribution in [0.4, 0.5) is 0 Å². The zero-order chi connectivity index (χ0) is 9.40. The topological polar surface area (TPSA) is 29.1 Å². The van der Waals surface area contributed by atoms with Crippen molar-refractivity contribution in [3.8, 4) is 0 Å². The lowest BCUT2D eigenvalue weighted by molar-refractivity contribution is -0.109. The van der Waals surface area contributed by atoms with Crippen LogP contribution in [0.2, 0.25) is 0 Å². The second-order valence-electron chi connectivity index (χ2n) is 2.41. The number of amides is 1. The van der Waals surface area contributed by atoms with E-state index in [4.69, 9.17) is 0 Å². The molecule has 66 valence electrons. The van der Waals surface area contributed by atoms with Gasteiger partial charge in [-0.05, 0) is 25.0 Å². The lowest BCUT2D eigenvalue weighted by Crippen LogP contribution is -2.14. The van der Waals surface area contributed by atoms with Gasteiger partial charge in [0, 0.05) is 6.54 Å². The predicted octanol–water partition coefficient (Wildman–Crippen LogP) is 1.81. The van der Waals surface area contributed by atoms with Crippen molar-refractivity contribution < 1.29 is 4.79 Å². The van der Waals surface area contributed by atoms with Gasteiger partial charge < -0.3 is 5.32 Å². The highest BCUT2D eigenvalue weighted by Gasteiger charge is 1.93. The molecule has 0 bridgehead atoms. The maximum absolute atomic E-state index is 10.0. The molecule has 0 fully saturated rings. The summed E-state index contributed by atoms with van der Waals surface area (Å²) in [5, 5.41) is 2.60. The summed E-state index contributed by atoms with van der Waals surface area (Å²) in [6.07, 6.45) is 6.39. The lowest BCUT2D eigenvalue weighted by atomic mass is 10.1. The third-order valence-corrected chi connectivity index (χ3v) is 1.55. The van der Waals surface area contributed by atoms with Crippen LogP contribution in [0.25, 0.3) is 0 Å². The summed E-state index contributed by atoms with van der Waals surface area (Å²) in [5.74, 6) is 0. The standard InChI is InChI=1S/C10H15NO/c1-4-6-9(3)10(5-2)7-11-8-12/h4-6,8H,2,7H2,1,3H3,(H,11,12)/b6-4-,10-9+. The second-order valence-corrected chi connectivity index (χ2v) is 2.41. The van der Waals surface area contributed by atoms with E-state index in [1.54, 1.807) is 6.08 Å². The Hall–Kier alpha value is -1.31. The van der Waals surface area contributed by atoms with Crippen molar-refractivity contribution in [1.29, 1.82) is 0 Å². The molecule has 0 radical (unpaired) electrons. The van der Waals surface area contributed by atoms with Gasteiger partial charge in [-0.1, -0.05) is 24.8 Å². The minimum atomic E-state index is 0.545. The van der Waals surface area contributed by atoms with E-state index in [0.29, 0.717) is 13.0 Å². The minimum absolute atomic E-state index is 0.545. The van der Waals surface area contributed by atoms with Gasteiger partial charge in [0.2, 0.25) is 6.41 Å². The van der Waals surface area contributed by atoms with E-state index in [0.717, 1.165) is 11.1 Å². The van der Waals surface area contributed by atoms with E-state index >= 15 is 0 Å². The molecule has 2 heteroatoms. The van der Waals surface area contributed by atoms with Crippen molar-refractivity contribution in [2.45, 2.75) is 13.8 Å². The second kappa shape index (κ2) is 6.40. The normalized spacial score (nSPS) is 12.5. The van der Waals surface area contributed by atoms with Crippen LogP contribution in [0.1, 0.15) is 13.8 Å². The Morgan fingerprint density at radius 3 is 2.67 bits per heavy atom. The molecule has 0 aliphatic carbocycles. The van der Waals surface area contributed by atoms with Gasteiger partial charge in [-0.15, -0.1) is 0 Å². The van der Waals surface area contributed by atoms with Gasteiger partial charge in [-0.2, -0.15) is 0 Å².